The molecule has 18 heavy (non-hydrogen) atoms. The van der Waals surface area contributed by atoms with E-state index in [-0.39, 0.29) is 11.9 Å². The molecule has 3 N–H and O–H groups in total. The number of hydrogen-bond donors (Lipinski definition) is 2. The number of carbonyl (C=O) groups excluding carboxylic acids is 1. The third kappa shape index (κ3) is 2.56. The van der Waals surface area contributed by atoms with Crippen molar-refractivity contribution in [3.8, 4) is 5.75 Å². The zero-order chi connectivity index (χ0) is 13.1. The van der Waals surface area contributed by atoms with Crippen LogP contribution in [0.2, 0.25) is 0 Å². The van der Waals surface area contributed by atoms with Gasteiger partial charge in [-0.05, 0) is 25.1 Å². The first-order chi connectivity index (χ1) is 8.61. The number of amides is 1. The van der Waals surface area contributed by atoms with E-state index in [1.165, 1.54) is 0 Å². The van der Waals surface area contributed by atoms with Gasteiger partial charge in [0.05, 0.1) is 13.2 Å². The Kier molecular flexibility index (Phi) is 3.72. The van der Waals surface area contributed by atoms with Crippen LogP contribution in [0.3, 0.4) is 0 Å². The molecule has 1 fully saturated rings. The summed E-state index contributed by atoms with van der Waals surface area (Å²) in [7, 11) is 1.64. The van der Waals surface area contributed by atoms with Crippen LogP contribution < -0.4 is 15.8 Å². The number of ether oxygens (including phenoxy) is 1. The summed E-state index contributed by atoms with van der Waals surface area (Å²) in [5.74, 6) is 0.881. The van der Waals surface area contributed by atoms with E-state index in [1.54, 1.807) is 7.11 Å². The molecule has 1 unspecified atom stereocenters. The molecule has 1 heterocycles. The summed E-state index contributed by atoms with van der Waals surface area (Å²) in [5.41, 5.74) is 7.52. The lowest BCUT2D eigenvalue weighted by atomic mass is 10.1. The number of nitrogens with one attached hydrogen (secondary N) is 1. The standard InChI is InChI=1S/C13H19N3O2/c1-9-13(17)15-5-6-16(9)8-10-7-11(14)3-4-12(10)18-2/h3-4,7,9H,5-6,8,14H2,1-2H3,(H,15,17). The van der Waals surface area contributed by atoms with Crippen LogP contribution in [-0.2, 0) is 11.3 Å². The topological polar surface area (TPSA) is 67.6 Å². The van der Waals surface area contributed by atoms with Gasteiger partial charge >= 0.3 is 0 Å². The molecule has 0 aromatic heterocycles. The van der Waals surface area contributed by atoms with Crippen molar-refractivity contribution in [2.45, 2.75) is 19.5 Å². The molecule has 0 saturated carbocycles. The Morgan fingerprint density at radius 1 is 1.56 bits per heavy atom. The smallest absolute Gasteiger partial charge is 0.237 e. The maximum absolute atomic E-state index is 11.6. The van der Waals surface area contributed by atoms with Gasteiger partial charge in [-0.2, -0.15) is 0 Å². The molecule has 0 bridgehead atoms. The first-order valence-electron chi connectivity index (χ1n) is 6.06. The lowest BCUT2D eigenvalue weighted by molar-refractivity contribution is -0.128. The van der Waals surface area contributed by atoms with Crippen LogP contribution in [0.5, 0.6) is 5.75 Å². The number of piperazine rings is 1. The molecule has 1 saturated heterocycles. The second-order valence-electron chi connectivity index (χ2n) is 4.51. The van der Waals surface area contributed by atoms with Crippen molar-refractivity contribution in [3.63, 3.8) is 0 Å². The summed E-state index contributed by atoms with van der Waals surface area (Å²) in [4.78, 5) is 13.7. The second-order valence-corrected chi connectivity index (χ2v) is 4.51. The highest BCUT2D eigenvalue weighted by atomic mass is 16.5. The molecule has 5 heteroatoms. The number of anilines is 1. The summed E-state index contributed by atoms with van der Waals surface area (Å²) in [5, 5.41) is 2.85. The van der Waals surface area contributed by atoms with Crippen LogP contribution in [0.15, 0.2) is 18.2 Å². The van der Waals surface area contributed by atoms with E-state index in [9.17, 15) is 4.79 Å². The Labute approximate surface area is 107 Å². The van der Waals surface area contributed by atoms with E-state index in [1.807, 2.05) is 25.1 Å². The predicted molar refractivity (Wildman–Crippen MR) is 70.3 cm³/mol. The summed E-state index contributed by atoms with van der Waals surface area (Å²) in [6.07, 6.45) is 0. The van der Waals surface area contributed by atoms with Crippen molar-refractivity contribution in [2.24, 2.45) is 0 Å². The second kappa shape index (κ2) is 5.27. The first-order valence-corrected chi connectivity index (χ1v) is 6.06. The first kappa shape index (κ1) is 12.7. The molecule has 5 nitrogen and oxygen atoms in total. The lowest BCUT2D eigenvalue weighted by Crippen LogP contribution is -2.53. The average molecular weight is 249 g/mol. The number of nitrogens with two attached hydrogens (primary N) is 1. The minimum atomic E-state index is -0.120. The highest BCUT2D eigenvalue weighted by Gasteiger charge is 2.25. The van der Waals surface area contributed by atoms with Gasteiger partial charge in [0.2, 0.25) is 5.91 Å². The molecule has 1 aliphatic rings. The zero-order valence-corrected chi connectivity index (χ0v) is 10.8. The lowest BCUT2D eigenvalue weighted by Gasteiger charge is -2.33. The number of methoxy groups -OCH3 is 1. The van der Waals surface area contributed by atoms with Crippen LogP contribution in [0, 0.1) is 0 Å². The molecule has 1 aromatic rings. The van der Waals surface area contributed by atoms with E-state index in [0.717, 1.165) is 17.9 Å². The van der Waals surface area contributed by atoms with Crippen molar-refractivity contribution >= 4 is 11.6 Å². The molecule has 1 amide bonds. The van der Waals surface area contributed by atoms with Crippen molar-refractivity contribution in [2.75, 3.05) is 25.9 Å². The monoisotopic (exact) mass is 249 g/mol. The quantitative estimate of drug-likeness (QED) is 0.770. The van der Waals surface area contributed by atoms with Gasteiger partial charge in [0.15, 0.2) is 0 Å². The third-order valence-corrected chi connectivity index (χ3v) is 3.30. The van der Waals surface area contributed by atoms with Crippen molar-refractivity contribution < 1.29 is 9.53 Å². The van der Waals surface area contributed by atoms with Gasteiger partial charge in [0, 0.05) is 30.9 Å². The molecule has 0 spiro atoms. The molecule has 0 aliphatic carbocycles. The van der Waals surface area contributed by atoms with Gasteiger partial charge in [0.25, 0.3) is 0 Å². The summed E-state index contributed by atoms with van der Waals surface area (Å²) < 4.78 is 5.32. The molecule has 1 aromatic carbocycles. The van der Waals surface area contributed by atoms with E-state index in [0.29, 0.717) is 18.8 Å². The van der Waals surface area contributed by atoms with Crippen LogP contribution >= 0.6 is 0 Å². The van der Waals surface area contributed by atoms with Gasteiger partial charge in [-0.25, -0.2) is 0 Å². The zero-order valence-electron chi connectivity index (χ0n) is 10.8. The highest BCUT2D eigenvalue weighted by molar-refractivity contribution is 5.82. The largest absolute Gasteiger partial charge is 0.496 e. The summed E-state index contributed by atoms with van der Waals surface area (Å²) in [6.45, 7) is 4.11. The van der Waals surface area contributed by atoms with Crippen LogP contribution in [0.1, 0.15) is 12.5 Å². The Morgan fingerprint density at radius 3 is 3.06 bits per heavy atom. The third-order valence-electron chi connectivity index (χ3n) is 3.30. The Morgan fingerprint density at radius 2 is 2.33 bits per heavy atom. The SMILES string of the molecule is COc1ccc(N)cc1CN1CCNC(=O)C1C. The summed E-state index contributed by atoms with van der Waals surface area (Å²) in [6, 6.07) is 5.46. The van der Waals surface area contributed by atoms with Crippen LogP contribution in [-0.4, -0.2) is 37.0 Å². The Hall–Kier alpha value is -1.75. The number of benzene rings is 1. The molecule has 98 valence electrons. The molecular formula is C13H19N3O2. The number of rotatable bonds is 3. The minimum Gasteiger partial charge on any atom is -0.496 e. The van der Waals surface area contributed by atoms with Crippen LogP contribution in [0.4, 0.5) is 5.69 Å². The Bertz CT molecular complexity index is 448. The van der Waals surface area contributed by atoms with E-state index >= 15 is 0 Å². The molecule has 1 atom stereocenters. The van der Waals surface area contributed by atoms with E-state index in [2.05, 4.69) is 10.2 Å². The van der Waals surface area contributed by atoms with E-state index < -0.39 is 0 Å². The molecule has 1 aliphatic heterocycles. The highest BCUT2D eigenvalue weighted by Crippen LogP contribution is 2.23. The maximum Gasteiger partial charge on any atom is 0.237 e. The maximum atomic E-state index is 11.6. The van der Waals surface area contributed by atoms with Crippen molar-refractivity contribution in [3.05, 3.63) is 23.8 Å². The molecule has 2 rings (SSSR count). The van der Waals surface area contributed by atoms with Gasteiger partial charge in [-0.15, -0.1) is 0 Å². The van der Waals surface area contributed by atoms with Gasteiger partial charge in [-0.3, -0.25) is 9.69 Å². The van der Waals surface area contributed by atoms with E-state index in [4.69, 9.17) is 10.5 Å². The number of nitrogens with zero attached hydrogens (tertiary/aromatic N) is 1. The van der Waals surface area contributed by atoms with Gasteiger partial charge in [-0.1, -0.05) is 0 Å². The number of carbonyl (C=O) groups is 1. The fraction of sp³-hybridized carbons (Fsp3) is 0.462. The predicted octanol–water partition coefficient (Wildman–Crippen LogP) is 0.598. The molecule has 0 radical (unpaired) electrons. The number of nitrogen functional groups attached to an aromatic ring is 1. The summed E-state index contributed by atoms with van der Waals surface area (Å²) >= 11 is 0. The van der Waals surface area contributed by atoms with Gasteiger partial charge < -0.3 is 15.8 Å². The Balaban J connectivity index is 2.17. The molecular weight excluding hydrogens is 230 g/mol. The number of hydrogen-bond acceptors (Lipinski definition) is 4. The van der Waals surface area contributed by atoms with Crippen LogP contribution in [0.25, 0.3) is 0 Å². The normalized spacial score (nSPS) is 20.6. The minimum absolute atomic E-state index is 0.0733. The van der Waals surface area contributed by atoms with Crippen molar-refractivity contribution in [1.29, 1.82) is 0 Å². The fourth-order valence-electron chi connectivity index (χ4n) is 2.19. The fourth-order valence-corrected chi connectivity index (χ4v) is 2.19. The van der Waals surface area contributed by atoms with Crippen molar-refractivity contribution in [1.82, 2.24) is 10.2 Å². The van der Waals surface area contributed by atoms with Gasteiger partial charge in [0.1, 0.15) is 5.75 Å². The average Bonchev–Trinajstić information content (AvgIpc) is 2.35.